The quantitative estimate of drug-likeness (QED) is 0.0122. The molecule has 0 aromatic rings. The molecule has 1 unspecified atom stereocenters. The van der Waals surface area contributed by atoms with Crippen LogP contribution in [0.1, 0.15) is 162 Å². The zero-order valence-corrected chi connectivity index (χ0v) is 38.6. The van der Waals surface area contributed by atoms with E-state index < -0.39 is 32.5 Å². The van der Waals surface area contributed by atoms with Crippen molar-refractivity contribution in [2.45, 2.75) is 168 Å². The molecule has 0 aliphatic heterocycles. The summed E-state index contributed by atoms with van der Waals surface area (Å²) in [5.74, 6) is -1.19. The zero-order chi connectivity index (χ0) is 43.7. The molecular weight excluding hydrogens is 766 g/mol. The number of esters is 2. The maximum absolute atomic E-state index is 12.7. The van der Waals surface area contributed by atoms with Crippen LogP contribution in [0.3, 0.4) is 0 Å². The van der Waals surface area contributed by atoms with E-state index in [2.05, 4.69) is 62.5 Å². The third-order valence-corrected chi connectivity index (χ3v) is 10.2. The van der Waals surface area contributed by atoms with Crippen LogP contribution in [-0.2, 0) is 37.5 Å². The number of carbonyl (C=O) groups excluding carboxylic acids is 3. The molecule has 0 amide bonds. The molecular formula is C48H83NO9P+. The Hall–Kier alpha value is -2.88. The van der Waals surface area contributed by atoms with Gasteiger partial charge in [0, 0.05) is 19.3 Å². The molecule has 0 aliphatic rings. The van der Waals surface area contributed by atoms with Gasteiger partial charge in [0.2, 0.25) is 0 Å². The van der Waals surface area contributed by atoms with E-state index in [1.54, 1.807) is 6.08 Å². The number of likely N-dealkylation sites (N-methyl/N-ethyl adjacent to an activating group) is 1. The van der Waals surface area contributed by atoms with Gasteiger partial charge in [-0.25, -0.2) is 4.57 Å². The molecule has 0 radical (unpaired) electrons. The number of ether oxygens (including phenoxy) is 2. The summed E-state index contributed by atoms with van der Waals surface area (Å²) in [6.45, 7) is 4.06. The SMILES string of the molecule is CCCCC/C=C\C/C=C\C/C=C\C=C\C(=O)CCCC(=O)O[C@H](COC(=O)CCCCCCCCC/C=C\C/C=C\CCCCC)COP(=O)(O)OCC[N+](C)(C)C. The van der Waals surface area contributed by atoms with Crippen molar-refractivity contribution in [2.24, 2.45) is 0 Å². The van der Waals surface area contributed by atoms with Crippen molar-refractivity contribution in [2.75, 3.05) is 47.5 Å². The Labute approximate surface area is 359 Å². The molecule has 0 bridgehead atoms. The predicted molar refractivity (Wildman–Crippen MR) is 243 cm³/mol. The van der Waals surface area contributed by atoms with Gasteiger partial charge in [0.05, 0.1) is 27.7 Å². The fourth-order valence-corrected chi connectivity index (χ4v) is 6.33. The van der Waals surface area contributed by atoms with Crippen molar-refractivity contribution < 1.29 is 46.8 Å². The zero-order valence-electron chi connectivity index (χ0n) is 37.7. The number of quaternary nitrogens is 1. The number of unbranched alkanes of at least 4 members (excludes halogenated alkanes) is 13. The number of ketones is 1. The van der Waals surface area contributed by atoms with Crippen molar-refractivity contribution in [3.8, 4) is 0 Å². The summed E-state index contributed by atoms with van der Waals surface area (Å²) >= 11 is 0. The monoisotopic (exact) mass is 849 g/mol. The van der Waals surface area contributed by atoms with Gasteiger partial charge >= 0.3 is 19.8 Å². The maximum Gasteiger partial charge on any atom is 0.472 e. The third kappa shape index (κ3) is 43.0. The van der Waals surface area contributed by atoms with Crippen LogP contribution in [0, 0.1) is 0 Å². The number of hydrogen-bond donors (Lipinski definition) is 1. The normalized spacial score (nSPS) is 14.1. The van der Waals surface area contributed by atoms with Crippen LogP contribution >= 0.6 is 7.82 Å². The molecule has 1 N–H and O–H groups in total. The molecule has 0 heterocycles. The van der Waals surface area contributed by atoms with Gasteiger partial charge in [-0.15, -0.1) is 0 Å². The Morgan fingerprint density at radius 3 is 1.66 bits per heavy atom. The second-order valence-electron chi connectivity index (χ2n) is 16.1. The van der Waals surface area contributed by atoms with Gasteiger partial charge in [0.15, 0.2) is 11.9 Å². The molecule has 0 fully saturated rings. The van der Waals surface area contributed by atoms with Gasteiger partial charge in [-0.1, -0.05) is 138 Å². The summed E-state index contributed by atoms with van der Waals surface area (Å²) in [6, 6.07) is 0. The lowest BCUT2D eigenvalue weighted by Gasteiger charge is -2.24. The van der Waals surface area contributed by atoms with Crippen LogP contribution in [0.5, 0.6) is 0 Å². The third-order valence-electron chi connectivity index (χ3n) is 9.19. The van der Waals surface area contributed by atoms with Gasteiger partial charge in [0.25, 0.3) is 0 Å². The predicted octanol–water partition coefficient (Wildman–Crippen LogP) is 12.2. The second kappa shape index (κ2) is 39.3. The fourth-order valence-electron chi connectivity index (χ4n) is 5.58. The van der Waals surface area contributed by atoms with E-state index in [4.69, 9.17) is 18.5 Å². The summed E-state index contributed by atoms with van der Waals surface area (Å²) in [5, 5.41) is 0. The first-order valence-corrected chi connectivity index (χ1v) is 24.1. The Balaban J connectivity index is 4.56. The minimum atomic E-state index is -4.45. The molecule has 0 aromatic carbocycles. The van der Waals surface area contributed by atoms with Crippen molar-refractivity contribution >= 4 is 25.5 Å². The average Bonchev–Trinajstić information content (AvgIpc) is 3.18. The lowest BCUT2D eigenvalue weighted by Crippen LogP contribution is -2.37. The van der Waals surface area contributed by atoms with Crippen molar-refractivity contribution in [3.63, 3.8) is 0 Å². The van der Waals surface area contributed by atoms with Crippen molar-refractivity contribution in [3.05, 3.63) is 72.9 Å². The van der Waals surface area contributed by atoms with Crippen molar-refractivity contribution in [1.82, 2.24) is 0 Å². The standard InChI is InChI=1S/C48H82NO9P/c1-6-8-10-12-14-16-18-20-21-22-23-25-27-29-31-33-35-39-47(51)55-43-46(44-57-59(53,54)56-42-41-49(3,4)5)58-48(52)40-36-38-45(50)37-34-32-30-28-26-24-19-17-15-13-11-9-7-2/h14-17,20-21,24,26,30,32,34,37,46H,6-13,18-19,22-23,25,27-29,31,33,35-36,38-44H2,1-5H3/p+1/b16-14-,17-15-,21-20-,26-24-,32-30-,37-34+/t46-/m1/s1. The van der Waals surface area contributed by atoms with Gasteiger partial charge in [0.1, 0.15) is 19.8 Å². The van der Waals surface area contributed by atoms with E-state index in [0.717, 1.165) is 51.4 Å². The lowest BCUT2D eigenvalue weighted by atomic mass is 10.1. The molecule has 2 atom stereocenters. The largest absolute Gasteiger partial charge is 0.472 e. The van der Waals surface area contributed by atoms with E-state index in [9.17, 15) is 23.8 Å². The van der Waals surface area contributed by atoms with Crippen LogP contribution in [0.15, 0.2) is 72.9 Å². The first-order valence-electron chi connectivity index (χ1n) is 22.6. The van der Waals surface area contributed by atoms with Gasteiger partial charge in [-0.05, 0) is 76.7 Å². The van der Waals surface area contributed by atoms with E-state index in [1.165, 1.54) is 70.3 Å². The molecule has 0 aliphatic carbocycles. The van der Waals surface area contributed by atoms with E-state index in [0.29, 0.717) is 17.4 Å². The van der Waals surface area contributed by atoms with Crippen LogP contribution in [0.4, 0.5) is 0 Å². The van der Waals surface area contributed by atoms with E-state index >= 15 is 0 Å². The van der Waals surface area contributed by atoms with Gasteiger partial charge < -0.3 is 18.9 Å². The number of nitrogens with zero attached hydrogens (tertiary/aromatic N) is 1. The minimum absolute atomic E-state index is 0.0160. The highest BCUT2D eigenvalue weighted by Crippen LogP contribution is 2.43. The summed E-state index contributed by atoms with van der Waals surface area (Å²) in [5.41, 5.74) is 0. The number of phosphoric ester groups is 1. The van der Waals surface area contributed by atoms with Crippen LogP contribution in [0.2, 0.25) is 0 Å². The van der Waals surface area contributed by atoms with Gasteiger partial charge in [-0.2, -0.15) is 0 Å². The smallest absolute Gasteiger partial charge is 0.462 e. The first kappa shape index (κ1) is 56.1. The lowest BCUT2D eigenvalue weighted by molar-refractivity contribution is -0.870. The number of rotatable bonds is 40. The fraction of sp³-hybridized carbons (Fsp3) is 0.688. The number of phosphoric acid groups is 1. The Morgan fingerprint density at radius 2 is 1.08 bits per heavy atom. The topological polar surface area (TPSA) is 125 Å². The maximum atomic E-state index is 12.7. The number of carbonyl (C=O) groups is 3. The highest BCUT2D eigenvalue weighted by molar-refractivity contribution is 7.47. The molecule has 338 valence electrons. The first-order chi connectivity index (χ1) is 28.4. The molecule has 11 heteroatoms. The number of allylic oxidation sites excluding steroid dienone is 12. The van der Waals surface area contributed by atoms with Crippen molar-refractivity contribution in [1.29, 1.82) is 0 Å². The molecule has 0 spiro atoms. The summed E-state index contributed by atoms with van der Waals surface area (Å²) in [6.07, 6.45) is 45.2. The van der Waals surface area contributed by atoms with E-state index in [1.807, 2.05) is 33.3 Å². The molecule has 0 saturated heterocycles. The average molecular weight is 849 g/mol. The van der Waals surface area contributed by atoms with Crippen LogP contribution in [0.25, 0.3) is 0 Å². The molecule has 59 heavy (non-hydrogen) atoms. The highest BCUT2D eigenvalue weighted by atomic mass is 31.2. The summed E-state index contributed by atoms with van der Waals surface area (Å²) in [4.78, 5) is 47.7. The van der Waals surface area contributed by atoms with Crippen LogP contribution < -0.4 is 0 Å². The highest BCUT2D eigenvalue weighted by Gasteiger charge is 2.27. The van der Waals surface area contributed by atoms with E-state index in [-0.39, 0.29) is 44.7 Å². The Morgan fingerprint density at radius 1 is 0.576 bits per heavy atom. The second-order valence-corrected chi connectivity index (χ2v) is 17.6. The van der Waals surface area contributed by atoms with Gasteiger partial charge in [-0.3, -0.25) is 23.4 Å². The minimum Gasteiger partial charge on any atom is -0.462 e. The van der Waals surface area contributed by atoms with Crippen LogP contribution in [-0.4, -0.2) is 80.7 Å². The summed E-state index contributed by atoms with van der Waals surface area (Å²) < 4.78 is 34.1. The summed E-state index contributed by atoms with van der Waals surface area (Å²) in [7, 11) is 1.32. The molecule has 0 saturated carbocycles. The molecule has 10 nitrogen and oxygen atoms in total. The molecule has 0 rings (SSSR count). The number of hydrogen-bond acceptors (Lipinski definition) is 8. The Kier molecular flexibility index (Phi) is 37.4. The molecule has 0 aromatic heterocycles. The Bertz CT molecular complexity index is 1300.